The number of halogens is 3. The Morgan fingerprint density at radius 2 is 1.73 bits per heavy atom. The van der Waals surface area contributed by atoms with Crippen LogP contribution in [0, 0.1) is 11.3 Å². The maximum Gasteiger partial charge on any atom is 0.235 e. The maximum absolute atomic E-state index is 8.37. The number of hydrogen-bond acceptors (Lipinski definition) is 3. The molecule has 1 aromatic rings. The zero-order chi connectivity index (χ0) is 8.43. The second-order valence-corrected chi connectivity index (χ2v) is 3.06. The van der Waals surface area contributed by atoms with Crippen LogP contribution in [-0.2, 0) is 0 Å². The van der Waals surface area contributed by atoms with Gasteiger partial charge in [-0.1, -0.05) is 23.2 Å². The van der Waals surface area contributed by atoms with E-state index in [-0.39, 0.29) is 16.1 Å². The molecule has 0 unspecified atom stereocenters. The van der Waals surface area contributed by atoms with Gasteiger partial charge in [0.25, 0.3) is 0 Å². The molecule has 0 N–H and O–H groups in total. The highest BCUT2D eigenvalue weighted by atomic mass is 79.9. The van der Waals surface area contributed by atoms with Crippen molar-refractivity contribution in [3.8, 4) is 6.07 Å². The topological polar surface area (TPSA) is 49.6 Å². The van der Waals surface area contributed by atoms with Gasteiger partial charge in [0.05, 0.1) is 4.47 Å². The summed E-state index contributed by atoms with van der Waals surface area (Å²) < 4.78 is 0.403. The smallest absolute Gasteiger partial charge is 0.206 e. The number of aromatic nitrogens is 2. The van der Waals surface area contributed by atoms with E-state index in [2.05, 4.69) is 25.9 Å². The third-order valence-corrected chi connectivity index (χ3v) is 2.63. The Labute approximate surface area is 81.1 Å². The molecule has 0 fully saturated rings. The third kappa shape index (κ3) is 1.80. The van der Waals surface area contributed by atoms with Gasteiger partial charge in [-0.05, 0) is 15.9 Å². The van der Waals surface area contributed by atoms with Crippen molar-refractivity contribution in [2.45, 2.75) is 0 Å². The van der Waals surface area contributed by atoms with E-state index in [0.717, 1.165) is 0 Å². The molecular weight excluding hydrogens is 253 g/mol. The van der Waals surface area contributed by atoms with Crippen LogP contribution < -0.4 is 0 Å². The summed E-state index contributed by atoms with van der Waals surface area (Å²) in [4.78, 5) is 7.23. The average Bonchev–Trinajstić information content (AvgIpc) is 1.99. The molecule has 6 heteroatoms. The van der Waals surface area contributed by atoms with E-state index in [4.69, 9.17) is 28.5 Å². The van der Waals surface area contributed by atoms with Crippen LogP contribution in [0.4, 0.5) is 0 Å². The van der Waals surface area contributed by atoms with Crippen molar-refractivity contribution in [1.29, 1.82) is 5.26 Å². The predicted molar refractivity (Wildman–Crippen MR) is 44.5 cm³/mol. The molecule has 11 heavy (non-hydrogen) atoms. The Balaban J connectivity index is 3.35. The van der Waals surface area contributed by atoms with Crippen LogP contribution in [0.2, 0.25) is 10.3 Å². The molecule has 1 heterocycles. The summed E-state index contributed by atoms with van der Waals surface area (Å²) in [7, 11) is 0. The molecule has 0 aromatic carbocycles. The van der Waals surface area contributed by atoms with E-state index >= 15 is 0 Å². The minimum Gasteiger partial charge on any atom is -0.206 e. The fourth-order valence-electron chi connectivity index (χ4n) is 0.444. The van der Waals surface area contributed by atoms with Gasteiger partial charge in [-0.25, -0.2) is 9.97 Å². The van der Waals surface area contributed by atoms with Crippen LogP contribution in [0.25, 0.3) is 0 Å². The summed E-state index contributed by atoms with van der Waals surface area (Å²) in [6.45, 7) is 0. The highest BCUT2D eigenvalue weighted by molar-refractivity contribution is 9.10. The van der Waals surface area contributed by atoms with Gasteiger partial charge in [-0.15, -0.1) is 0 Å². The molecule has 0 saturated carbocycles. The minimum absolute atomic E-state index is 0.0387. The maximum atomic E-state index is 8.37. The van der Waals surface area contributed by atoms with Crippen molar-refractivity contribution in [1.82, 2.24) is 9.97 Å². The molecule has 0 atom stereocenters. The monoisotopic (exact) mass is 251 g/mol. The second kappa shape index (κ2) is 3.35. The standard InChI is InChI=1S/C5BrCl2N3/c6-3-4(7)10-2(1-9)11-5(3)8. The number of hydrogen-bond donors (Lipinski definition) is 0. The predicted octanol–water partition coefficient (Wildman–Crippen LogP) is 2.42. The van der Waals surface area contributed by atoms with E-state index in [1.807, 2.05) is 0 Å². The Hall–Kier alpha value is -0.370. The van der Waals surface area contributed by atoms with Gasteiger partial charge in [-0.3, -0.25) is 0 Å². The lowest BCUT2D eigenvalue weighted by Crippen LogP contribution is -1.90. The second-order valence-electron chi connectivity index (χ2n) is 1.55. The van der Waals surface area contributed by atoms with E-state index in [9.17, 15) is 0 Å². The first-order chi connectivity index (χ1) is 5.15. The molecule has 0 radical (unpaired) electrons. The quantitative estimate of drug-likeness (QED) is 0.667. The van der Waals surface area contributed by atoms with Crippen LogP contribution in [-0.4, -0.2) is 9.97 Å². The van der Waals surface area contributed by atoms with E-state index < -0.39 is 0 Å². The molecular formula is C5BrCl2N3. The van der Waals surface area contributed by atoms with E-state index in [1.165, 1.54) is 0 Å². The van der Waals surface area contributed by atoms with Crippen molar-refractivity contribution in [3.63, 3.8) is 0 Å². The SMILES string of the molecule is N#Cc1nc(Cl)c(Br)c(Cl)n1. The van der Waals surface area contributed by atoms with Crippen LogP contribution >= 0.6 is 39.1 Å². The molecule has 0 aliphatic rings. The summed E-state index contributed by atoms with van der Waals surface area (Å²) in [5, 5.41) is 8.65. The molecule has 1 rings (SSSR count). The first-order valence-corrected chi connectivity index (χ1v) is 3.98. The van der Waals surface area contributed by atoms with Crippen LogP contribution in [0.5, 0.6) is 0 Å². The third-order valence-electron chi connectivity index (χ3n) is 0.870. The van der Waals surface area contributed by atoms with Crippen molar-refractivity contribution in [3.05, 3.63) is 20.6 Å². The van der Waals surface area contributed by atoms with Crippen molar-refractivity contribution in [2.75, 3.05) is 0 Å². The molecule has 1 aromatic heterocycles. The molecule has 0 aliphatic heterocycles. The molecule has 0 amide bonds. The number of nitriles is 1. The zero-order valence-corrected chi connectivity index (χ0v) is 8.07. The van der Waals surface area contributed by atoms with Crippen molar-refractivity contribution < 1.29 is 0 Å². The summed E-state index contributed by atoms with van der Waals surface area (Å²) in [5.41, 5.74) is 0. The molecule has 56 valence electrons. The largest absolute Gasteiger partial charge is 0.235 e. The number of rotatable bonds is 0. The lowest BCUT2D eigenvalue weighted by molar-refractivity contribution is 1.10. The normalized spacial score (nSPS) is 9.27. The first kappa shape index (κ1) is 8.72. The fraction of sp³-hybridized carbons (Fsp3) is 0. The van der Waals surface area contributed by atoms with Crippen molar-refractivity contribution >= 4 is 39.1 Å². The highest BCUT2D eigenvalue weighted by Gasteiger charge is 2.07. The summed E-state index contributed by atoms with van der Waals surface area (Å²) >= 11 is 14.2. The van der Waals surface area contributed by atoms with Gasteiger partial charge in [0.15, 0.2) is 0 Å². The Morgan fingerprint density at radius 1 is 1.27 bits per heavy atom. The Kier molecular flexibility index (Phi) is 2.66. The van der Waals surface area contributed by atoms with Gasteiger partial charge in [0, 0.05) is 0 Å². The first-order valence-electron chi connectivity index (χ1n) is 2.43. The molecule has 0 aliphatic carbocycles. The van der Waals surface area contributed by atoms with Gasteiger partial charge in [0.2, 0.25) is 5.82 Å². The van der Waals surface area contributed by atoms with Gasteiger partial charge >= 0.3 is 0 Å². The average molecular weight is 253 g/mol. The van der Waals surface area contributed by atoms with Crippen LogP contribution in [0.3, 0.4) is 0 Å². The highest BCUT2D eigenvalue weighted by Crippen LogP contribution is 2.26. The molecule has 3 nitrogen and oxygen atoms in total. The lowest BCUT2D eigenvalue weighted by Gasteiger charge is -1.95. The fourth-order valence-corrected chi connectivity index (χ4v) is 1.01. The van der Waals surface area contributed by atoms with Crippen LogP contribution in [0.15, 0.2) is 4.47 Å². The van der Waals surface area contributed by atoms with Gasteiger partial charge in [-0.2, -0.15) is 5.26 Å². The van der Waals surface area contributed by atoms with Crippen LogP contribution in [0.1, 0.15) is 5.82 Å². The number of nitrogens with zero attached hydrogens (tertiary/aromatic N) is 3. The molecule has 0 saturated heterocycles. The Morgan fingerprint density at radius 3 is 2.09 bits per heavy atom. The molecule has 0 spiro atoms. The summed E-state index contributed by atoms with van der Waals surface area (Å²) in [5.74, 6) is -0.0387. The zero-order valence-electron chi connectivity index (χ0n) is 4.98. The van der Waals surface area contributed by atoms with E-state index in [0.29, 0.717) is 4.47 Å². The van der Waals surface area contributed by atoms with E-state index in [1.54, 1.807) is 6.07 Å². The van der Waals surface area contributed by atoms with Gasteiger partial charge in [0.1, 0.15) is 16.4 Å². The molecule has 0 bridgehead atoms. The van der Waals surface area contributed by atoms with Crippen molar-refractivity contribution in [2.24, 2.45) is 0 Å². The Bertz CT molecular complexity index is 310. The summed E-state index contributed by atoms with van der Waals surface area (Å²) in [6, 6.07) is 1.72. The van der Waals surface area contributed by atoms with Gasteiger partial charge < -0.3 is 0 Å². The lowest BCUT2D eigenvalue weighted by atomic mass is 10.6. The summed E-state index contributed by atoms with van der Waals surface area (Å²) in [6.07, 6.45) is 0. The minimum atomic E-state index is -0.0387.